The molecule has 1 spiro atoms. The normalized spacial score (nSPS) is 24.8. The number of Topliss-reactive ketones (excluding diaryl/α,β-unsaturated/α-hetero) is 1. The standard InChI is InChI=1S/C24H27N3O4/c1-15-12-19(16(2)26(15)13-18-7-5-11-31-18)21(28)14-27-22(29)24(25-23(27)30)10-9-17-6-3-4-8-20(17)24/h3-4,6,8,12,18H,5,7,9-11,13-14H2,1-2H3,(H,25,30)/t18-,24+/m0/s1. The van der Waals surface area contributed by atoms with Gasteiger partial charge in [-0.1, -0.05) is 24.3 Å². The summed E-state index contributed by atoms with van der Waals surface area (Å²) in [5.41, 5.74) is 3.27. The highest BCUT2D eigenvalue weighted by Crippen LogP contribution is 2.41. The van der Waals surface area contributed by atoms with Crippen molar-refractivity contribution in [3.8, 4) is 0 Å². The van der Waals surface area contributed by atoms with Crippen molar-refractivity contribution in [1.29, 1.82) is 0 Å². The Kier molecular flexibility index (Phi) is 4.73. The Morgan fingerprint density at radius 1 is 1.26 bits per heavy atom. The molecule has 7 heteroatoms. The van der Waals surface area contributed by atoms with Crippen molar-refractivity contribution >= 4 is 17.7 Å². The summed E-state index contributed by atoms with van der Waals surface area (Å²) in [7, 11) is 0. The number of rotatable bonds is 5. The predicted octanol–water partition coefficient (Wildman–Crippen LogP) is 2.86. The molecule has 1 aliphatic carbocycles. The van der Waals surface area contributed by atoms with Gasteiger partial charge in [-0.2, -0.15) is 0 Å². The number of imide groups is 1. The summed E-state index contributed by atoms with van der Waals surface area (Å²) in [6.45, 7) is 5.13. The van der Waals surface area contributed by atoms with Crippen molar-refractivity contribution < 1.29 is 19.1 Å². The molecule has 31 heavy (non-hydrogen) atoms. The number of carbonyl (C=O) groups is 3. The minimum atomic E-state index is -1.04. The number of fused-ring (bicyclic) bond motifs is 2. The van der Waals surface area contributed by atoms with Gasteiger partial charge in [-0.05, 0) is 56.7 Å². The minimum absolute atomic E-state index is 0.168. The van der Waals surface area contributed by atoms with Crippen LogP contribution in [-0.4, -0.2) is 46.4 Å². The first-order valence-electron chi connectivity index (χ1n) is 10.9. The second-order valence-corrected chi connectivity index (χ2v) is 8.84. The molecule has 3 aliphatic rings. The summed E-state index contributed by atoms with van der Waals surface area (Å²) in [6.07, 6.45) is 3.51. The Balaban J connectivity index is 1.37. The quantitative estimate of drug-likeness (QED) is 0.595. The maximum atomic E-state index is 13.3. The maximum absolute atomic E-state index is 13.3. The smallest absolute Gasteiger partial charge is 0.325 e. The van der Waals surface area contributed by atoms with Crippen LogP contribution in [0.1, 0.15) is 52.1 Å². The molecule has 1 aromatic heterocycles. The lowest BCUT2D eigenvalue weighted by atomic mass is 9.92. The molecule has 2 aromatic rings. The van der Waals surface area contributed by atoms with E-state index < -0.39 is 11.6 Å². The largest absolute Gasteiger partial charge is 0.376 e. The summed E-state index contributed by atoms with van der Waals surface area (Å²) in [6, 6.07) is 9.05. The van der Waals surface area contributed by atoms with Gasteiger partial charge in [0.25, 0.3) is 5.91 Å². The first kappa shape index (κ1) is 20.0. The van der Waals surface area contributed by atoms with Gasteiger partial charge in [-0.3, -0.25) is 14.5 Å². The molecular formula is C24H27N3O4. The lowest BCUT2D eigenvalue weighted by molar-refractivity contribution is -0.131. The van der Waals surface area contributed by atoms with Gasteiger partial charge >= 0.3 is 6.03 Å². The second-order valence-electron chi connectivity index (χ2n) is 8.84. The molecule has 0 radical (unpaired) electrons. The third kappa shape index (κ3) is 3.10. The molecule has 5 rings (SSSR count). The number of amides is 3. The Morgan fingerprint density at radius 3 is 2.84 bits per heavy atom. The number of nitrogens with zero attached hydrogens (tertiary/aromatic N) is 2. The summed E-state index contributed by atoms with van der Waals surface area (Å²) in [5, 5.41) is 2.89. The Hall–Kier alpha value is -2.93. The van der Waals surface area contributed by atoms with Crippen LogP contribution in [-0.2, 0) is 28.0 Å². The number of hydrogen-bond donors (Lipinski definition) is 1. The van der Waals surface area contributed by atoms with Gasteiger partial charge in [-0.25, -0.2) is 4.79 Å². The lowest BCUT2D eigenvalue weighted by Crippen LogP contribution is -2.42. The van der Waals surface area contributed by atoms with Crippen molar-refractivity contribution in [3.05, 3.63) is 58.4 Å². The fraction of sp³-hybridized carbons (Fsp3) is 0.458. The summed E-state index contributed by atoms with van der Waals surface area (Å²) in [4.78, 5) is 40.3. The average Bonchev–Trinajstić information content (AvgIpc) is 3.51. The Bertz CT molecular complexity index is 1080. The second kappa shape index (κ2) is 7.34. The van der Waals surface area contributed by atoms with Gasteiger partial charge in [0, 0.05) is 30.1 Å². The van der Waals surface area contributed by atoms with Crippen LogP contribution >= 0.6 is 0 Å². The fourth-order valence-corrected chi connectivity index (χ4v) is 5.32. The van der Waals surface area contributed by atoms with Crippen LogP contribution in [0.3, 0.4) is 0 Å². The third-order valence-electron chi connectivity index (χ3n) is 7.01. The molecule has 0 bridgehead atoms. The van der Waals surface area contributed by atoms with E-state index >= 15 is 0 Å². The molecule has 3 amide bonds. The number of aromatic nitrogens is 1. The van der Waals surface area contributed by atoms with Crippen LogP contribution in [0.15, 0.2) is 30.3 Å². The van der Waals surface area contributed by atoms with Crippen LogP contribution in [0.5, 0.6) is 0 Å². The Morgan fingerprint density at radius 2 is 2.06 bits per heavy atom. The van der Waals surface area contributed by atoms with Gasteiger partial charge in [0.2, 0.25) is 0 Å². The molecule has 2 saturated heterocycles. The lowest BCUT2D eigenvalue weighted by Gasteiger charge is -2.22. The van der Waals surface area contributed by atoms with Crippen LogP contribution in [0.4, 0.5) is 4.79 Å². The van der Waals surface area contributed by atoms with E-state index in [2.05, 4.69) is 9.88 Å². The van der Waals surface area contributed by atoms with Gasteiger partial charge in [0.1, 0.15) is 5.54 Å². The first-order chi connectivity index (χ1) is 14.9. The number of hydrogen-bond acceptors (Lipinski definition) is 4. The molecule has 2 fully saturated rings. The molecule has 0 saturated carbocycles. The van der Waals surface area contributed by atoms with Crippen LogP contribution in [0.2, 0.25) is 0 Å². The van der Waals surface area contributed by atoms with Crippen molar-refractivity contribution in [1.82, 2.24) is 14.8 Å². The summed E-state index contributed by atoms with van der Waals surface area (Å²) >= 11 is 0. The average molecular weight is 421 g/mol. The fourth-order valence-electron chi connectivity index (χ4n) is 5.32. The number of urea groups is 1. The zero-order chi connectivity index (χ0) is 21.8. The van der Waals surface area contributed by atoms with E-state index in [1.54, 1.807) is 0 Å². The summed E-state index contributed by atoms with van der Waals surface area (Å²) < 4.78 is 7.84. The van der Waals surface area contributed by atoms with Gasteiger partial charge in [0.15, 0.2) is 5.78 Å². The maximum Gasteiger partial charge on any atom is 0.325 e. The first-order valence-corrected chi connectivity index (χ1v) is 10.9. The molecule has 1 aromatic carbocycles. The van der Waals surface area contributed by atoms with Gasteiger partial charge in [-0.15, -0.1) is 0 Å². The van der Waals surface area contributed by atoms with Gasteiger partial charge < -0.3 is 14.6 Å². The predicted molar refractivity (Wildman–Crippen MR) is 114 cm³/mol. The van der Waals surface area contributed by atoms with Crippen LogP contribution in [0, 0.1) is 13.8 Å². The van der Waals surface area contributed by atoms with E-state index in [-0.39, 0.29) is 24.3 Å². The zero-order valence-electron chi connectivity index (χ0n) is 17.9. The SMILES string of the molecule is Cc1cc(C(=O)CN2C(=O)N[C@@]3(CCc4ccccc43)C2=O)c(C)n1C[C@@H]1CCCO1. The van der Waals surface area contributed by atoms with E-state index in [1.807, 2.05) is 44.2 Å². The van der Waals surface area contributed by atoms with Gasteiger partial charge in [0.05, 0.1) is 12.6 Å². The number of nitrogens with one attached hydrogen (secondary N) is 1. The highest BCUT2D eigenvalue weighted by atomic mass is 16.5. The van der Waals surface area contributed by atoms with E-state index in [9.17, 15) is 14.4 Å². The van der Waals surface area contributed by atoms with E-state index in [4.69, 9.17) is 4.74 Å². The van der Waals surface area contributed by atoms with Crippen molar-refractivity contribution in [2.75, 3.05) is 13.2 Å². The van der Waals surface area contributed by atoms with E-state index in [1.165, 1.54) is 0 Å². The van der Waals surface area contributed by atoms with Crippen molar-refractivity contribution in [2.45, 2.75) is 57.7 Å². The molecule has 1 N–H and O–H groups in total. The van der Waals surface area contributed by atoms with E-state index in [0.29, 0.717) is 18.5 Å². The number of carbonyl (C=O) groups excluding carboxylic acids is 3. The third-order valence-corrected chi connectivity index (χ3v) is 7.01. The highest BCUT2D eigenvalue weighted by Gasteiger charge is 2.55. The topological polar surface area (TPSA) is 80.6 Å². The number of ketones is 1. The molecule has 7 nitrogen and oxygen atoms in total. The number of benzene rings is 1. The molecule has 3 heterocycles. The molecular weight excluding hydrogens is 394 g/mol. The highest BCUT2D eigenvalue weighted by molar-refractivity contribution is 6.12. The number of aryl methyl sites for hydroxylation is 2. The van der Waals surface area contributed by atoms with E-state index in [0.717, 1.165) is 53.3 Å². The van der Waals surface area contributed by atoms with Crippen LogP contribution in [0.25, 0.3) is 0 Å². The van der Waals surface area contributed by atoms with Crippen LogP contribution < -0.4 is 5.32 Å². The molecule has 2 atom stereocenters. The monoisotopic (exact) mass is 421 g/mol. The number of ether oxygens (including phenoxy) is 1. The molecule has 2 aliphatic heterocycles. The summed E-state index contributed by atoms with van der Waals surface area (Å²) in [5.74, 6) is -0.553. The molecule has 162 valence electrons. The Labute approximate surface area is 181 Å². The van der Waals surface area contributed by atoms with Crippen molar-refractivity contribution in [2.24, 2.45) is 0 Å². The zero-order valence-corrected chi connectivity index (χ0v) is 17.9. The molecule has 0 unspecified atom stereocenters. The minimum Gasteiger partial charge on any atom is -0.376 e. The van der Waals surface area contributed by atoms with Crippen molar-refractivity contribution in [3.63, 3.8) is 0 Å².